The van der Waals surface area contributed by atoms with Gasteiger partial charge >= 0.3 is 0 Å². The molecule has 2 aliphatic carbocycles. The number of nitrogens with zero attached hydrogens (tertiary/aromatic N) is 2. The van der Waals surface area contributed by atoms with E-state index in [-0.39, 0.29) is 5.91 Å². The number of guanidine groups is 1. The van der Waals surface area contributed by atoms with E-state index in [1.165, 1.54) is 25.7 Å². The molecule has 0 spiro atoms. The molecule has 1 unspecified atom stereocenters. The fourth-order valence-electron chi connectivity index (χ4n) is 3.70. The van der Waals surface area contributed by atoms with E-state index in [1.807, 2.05) is 18.9 Å². The van der Waals surface area contributed by atoms with Gasteiger partial charge in [0.2, 0.25) is 5.91 Å². The Hall–Kier alpha value is -1.26. The number of nitrogens with one attached hydrogen (secondary N) is 2. The summed E-state index contributed by atoms with van der Waals surface area (Å²) >= 11 is 0. The third-order valence-corrected chi connectivity index (χ3v) is 5.37. The number of rotatable bonds is 6. The molecule has 5 heteroatoms. The molecule has 5 nitrogen and oxygen atoms in total. The third-order valence-electron chi connectivity index (χ3n) is 5.37. The third kappa shape index (κ3) is 3.93. The van der Waals surface area contributed by atoms with Gasteiger partial charge in [0.15, 0.2) is 5.96 Å². The molecule has 1 aliphatic heterocycles. The molecule has 0 aromatic heterocycles. The molecule has 3 fully saturated rings. The standard InChI is InChI=1S/C17H30N4O/c1-3-16(22)21-9-8-14(11-21)20-17(18-2)19-10-15(12-4-5-12)13-6-7-13/h12-15H,3-11H2,1-2H3,(H2,18,19,20). The number of amides is 1. The zero-order valence-corrected chi connectivity index (χ0v) is 14.0. The Kier molecular flexibility index (Phi) is 4.89. The van der Waals surface area contributed by atoms with Crippen molar-refractivity contribution in [1.82, 2.24) is 15.5 Å². The van der Waals surface area contributed by atoms with E-state index in [0.29, 0.717) is 12.5 Å². The average molecular weight is 306 g/mol. The maximum atomic E-state index is 11.7. The highest BCUT2D eigenvalue weighted by atomic mass is 16.2. The molecule has 0 aromatic rings. The Balaban J connectivity index is 1.43. The van der Waals surface area contributed by atoms with Crippen LogP contribution in [0, 0.1) is 17.8 Å². The van der Waals surface area contributed by atoms with E-state index in [0.717, 1.165) is 49.8 Å². The first kappa shape index (κ1) is 15.6. The Morgan fingerprint density at radius 3 is 2.45 bits per heavy atom. The normalized spacial score (nSPS) is 25.7. The minimum atomic E-state index is 0.259. The largest absolute Gasteiger partial charge is 0.356 e. The van der Waals surface area contributed by atoms with Gasteiger partial charge in [0, 0.05) is 39.1 Å². The van der Waals surface area contributed by atoms with Gasteiger partial charge in [-0.05, 0) is 49.9 Å². The molecule has 2 saturated carbocycles. The maximum Gasteiger partial charge on any atom is 0.222 e. The van der Waals surface area contributed by atoms with Crippen LogP contribution in [0.3, 0.4) is 0 Å². The Morgan fingerprint density at radius 1 is 1.23 bits per heavy atom. The van der Waals surface area contributed by atoms with Crippen LogP contribution >= 0.6 is 0 Å². The van der Waals surface area contributed by atoms with Crippen LogP contribution in [0.2, 0.25) is 0 Å². The highest BCUT2D eigenvalue weighted by Gasteiger charge is 2.41. The van der Waals surface area contributed by atoms with Gasteiger partial charge in [-0.2, -0.15) is 0 Å². The monoisotopic (exact) mass is 306 g/mol. The van der Waals surface area contributed by atoms with Crippen LogP contribution in [0.5, 0.6) is 0 Å². The fourth-order valence-corrected chi connectivity index (χ4v) is 3.70. The first-order valence-corrected chi connectivity index (χ1v) is 8.96. The van der Waals surface area contributed by atoms with Crippen molar-refractivity contribution in [2.75, 3.05) is 26.7 Å². The molecule has 0 radical (unpaired) electrons. The molecular weight excluding hydrogens is 276 g/mol. The molecule has 1 saturated heterocycles. The second-order valence-electron chi connectivity index (χ2n) is 7.12. The van der Waals surface area contributed by atoms with Crippen molar-refractivity contribution in [2.45, 2.75) is 51.5 Å². The molecular formula is C17H30N4O. The van der Waals surface area contributed by atoms with Gasteiger partial charge in [-0.15, -0.1) is 0 Å². The lowest BCUT2D eigenvalue weighted by Crippen LogP contribution is -2.46. The summed E-state index contributed by atoms with van der Waals surface area (Å²) in [7, 11) is 1.84. The highest BCUT2D eigenvalue weighted by molar-refractivity contribution is 5.80. The minimum Gasteiger partial charge on any atom is -0.356 e. The van der Waals surface area contributed by atoms with E-state index in [1.54, 1.807) is 0 Å². The van der Waals surface area contributed by atoms with Gasteiger partial charge in [0.25, 0.3) is 0 Å². The lowest BCUT2D eigenvalue weighted by molar-refractivity contribution is -0.129. The first-order chi connectivity index (χ1) is 10.7. The van der Waals surface area contributed by atoms with Crippen LogP contribution in [0.15, 0.2) is 4.99 Å². The minimum absolute atomic E-state index is 0.259. The lowest BCUT2D eigenvalue weighted by atomic mass is 9.98. The van der Waals surface area contributed by atoms with Crippen LogP contribution in [0.4, 0.5) is 0 Å². The number of likely N-dealkylation sites (tertiary alicyclic amines) is 1. The highest BCUT2D eigenvalue weighted by Crippen LogP contribution is 2.48. The van der Waals surface area contributed by atoms with Crippen LogP contribution < -0.4 is 10.6 Å². The van der Waals surface area contributed by atoms with Crippen molar-refractivity contribution < 1.29 is 4.79 Å². The zero-order valence-electron chi connectivity index (χ0n) is 14.0. The van der Waals surface area contributed by atoms with Crippen LogP contribution in [-0.2, 0) is 4.79 Å². The number of aliphatic imine (C=N–C) groups is 1. The van der Waals surface area contributed by atoms with Crippen LogP contribution in [-0.4, -0.2) is 49.5 Å². The van der Waals surface area contributed by atoms with Gasteiger partial charge in [0.05, 0.1) is 0 Å². The first-order valence-electron chi connectivity index (χ1n) is 8.96. The fraction of sp³-hybridized carbons (Fsp3) is 0.882. The number of carbonyl (C=O) groups excluding carboxylic acids is 1. The molecule has 2 N–H and O–H groups in total. The van der Waals surface area contributed by atoms with Crippen molar-refractivity contribution in [2.24, 2.45) is 22.7 Å². The Morgan fingerprint density at radius 2 is 1.91 bits per heavy atom. The van der Waals surface area contributed by atoms with Gasteiger partial charge in [-0.1, -0.05) is 6.92 Å². The van der Waals surface area contributed by atoms with Gasteiger partial charge in [-0.3, -0.25) is 9.79 Å². The van der Waals surface area contributed by atoms with Crippen molar-refractivity contribution in [3.05, 3.63) is 0 Å². The Labute approximate surface area is 133 Å². The van der Waals surface area contributed by atoms with E-state index >= 15 is 0 Å². The van der Waals surface area contributed by atoms with Crippen molar-refractivity contribution in [1.29, 1.82) is 0 Å². The molecule has 124 valence electrons. The number of hydrogen-bond donors (Lipinski definition) is 2. The van der Waals surface area contributed by atoms with E-state index < -0.39 is 0 Å². The summed E-state index contributed by atoms with van der Waals surface area (Å²) in [5, 5.41) is 7.03. The van der Waals surface area contributed by atoms with Crippen molar-refractivity contribution in [3.8, 4) is 0 Å². The summed E-state index contributed by atoms with van der Waals surface area (Å²) in [6.07, 6.45) is 7.31. The molecule has 1 atom stereocenters. The van der Waals surface area contributed by atoms with Crippen LogP contribution in [0.1, 0.15) is 45.4 Å². The van der Waals surface area contributed by atoms with E-state index in [2.05, 4.69) is 15.6 Å². The number of carbonyl (C=O) groups is 1. The topological polar surface area (TPSA) is 56.7 Å². The van der Waals surface area contributed by atoms with Gasteiger partial charge < -0.3 is 15.5 Å². The van der Waals surface area contributed by atoms with E-state index in [9.17, 15) is 4.79 Å². The molecule has 1 heterocycles. The maximum absolute atomic E-state index is 11.7. The summed E-state index contributed by atoms with van der Waals surface area (Å²) in [6, 6.07) is 0.335. The smallest absolute Gasteiger partial charge is 0.222 e. The predicted molar refractivity (Wildman–Crippen MR) is 88.7 cm³/mol. The number of hydrogen-bond acceptors (Lipinski definition) is 2. The molecule has 3 aliphatic rings. The summed E-state index contributed by atoms with van der Waals surface area (Å²) in [5.74, 6) is 3.93. The quantitative estimate of drug-likeness (QED) is 0.579. The summed E-state index contributed by atoms with van der Waals surface area (Å²) in [4.78, 5) is 18.1. The van der Waals surface area contributed by atoms with Gasteiger partial charge in [-0.25, -0.2) is 0 Å². The summed E-state index contributed by atoms with van der Waals surface area (Å²) in [5.41, 5.74) is 0. The van der Waals surface area contributed by atoms with Crippen molar-refractivity contribution in [3.63, 3.8) is 0 Å². The molecule has 0 aromatic carbocycles. The second-order valence-corrected chi connectivity index (χ2v) is 7.12. The second kappa shape index (κ2) is 6.88. The molecule has 3 rings (SSSR count). The molecule has 0 bridgehead atoms. The van der Waals surface area contributed by atoms with Gasteiger partial charge in [0.1, 0.15) is 0 Å². The zero-order chi connectivity index (χ0) is 15.5. The van der Waals surface area contributed by atoms with E-state index in [4.69, 9.17) is 0 Å². The molecule has 22 heavy (non-hydrogen) atoms. The summed E-state index contributed by atoms with van der Waals surface area (Å²) in [6.45, 7) is 4.66. The average Bonchev–Trinajstić information content (AvgIpc) is 3.46. The SMILES string of the molecule is CCC(=O)N1CCC(NC(=NC)NCC(C2CC2)C2CC2)C1. The predicted octanol–water partition coefficient (Wildman–Crippen LogP) is 1.60. The Bertz CT molecular complexity index is 416. The lowest BCUT2D eigenvalue weighted by Gasteiger charge is -2.21. The van der Waals surface area contributed by atoms with Crippen LogP contribution in [0.25, 0.3) is 0 Å². The summed E-state index contributed by atoms with van der Waals surface area (Å²) < 4.78 is 0. The molecule has 1 amide bonds. The van der Waals surface area contributed by atoms with Crippen molar-refractivity contribution >= 4 is 11.9 Å².